The Morgan fingerprint density at radius 1 is 0.232 bits per heavy atom. The molecule has 0 bridgehead atoms. The highest BCUT2D eigenvalue weighted by atomic mass is 15.3. The molecule has 15 aromatic carbocycles. The minimum Gasteiger partial charge on any atom is -0.334 e. The molecule has 0 radical (unpaired) electrons. The number of hydrogen-bond donors (Lipinski definition) is 0. The monoisotopic (exact) mass is 1220 g/mol. The lowest BCUT2D eigenvalue weighted by Gasteiger charge is -2.56. The van der Waals surface area contributed by atoms with E-state index >= 15 is 0 Å². The van der Waals surface area contributed by atoms with Crippen LogP contribution in [0.2, 0.25) is 0 Å². The molecule has 6 aliphatic rings. The molecule has 3 aliphatic heterocycles. The van der Waals surface area contributed by atoms with E-state index in [0.29, 0.717) is 0 Å². The van der Waals surface area contributed by atoms with Crippen molar-refractivity contribution in [3.8, 4) is 55.6 Å². The van der Waals surface area contributed by atoms with Crippen molar-refractivity contribution in [2.24, 2.45) is 0 Å². The lowest BCUT2D eigenvalue weighted by molar-refractivity contribution is 0.133. The highest BCUT2D eigenvalue weighted by Gasteiger charge is 2.65. The van der Waals surface area contributed by atoms with Crippen LogP contribution in [0.1, 0.15) is 96.8 Å². The normalized spacial score (nSPS) is 24.5. The smallest absolute Gasteiger partial charge is 0.0518 e. The molecule has 0 N–H and O–H groups in total. The molecule has 95 heavy (non-hydrogen) atoms. The zero-order valence-corrected chi connectivity index (χ0v) is 54.9. The quantitative estimate of drug-likeness (QED) is 0.150. The van der Waals surface area contributed by atoms with Crippen LogP contribution >= 0.6 is 0 Å². The van der Waals surface area contributed by atoms with E-state index in [1.807, 2.05) is 0 Å². The van der Waals surface area contributed by atoms with E-state index in [-0.39, 0.29) is 32.9 Å². The Morgan fingerprint density at radius 2 is 0.547 bits per heavy atom. The zero-order valence-electron chi connectivity index (χ0n) is 54.9. The molecular formula is C92H73N3. The van der Waals surface area contributed by atoms with Crippen molar-refractivity contribution in [2.45, 2.75) is 113 Å². The molecule has 6 unspecified atom stereocenters. The van der Waals surface area contributed by atoms with Crippen LogP contribution in [-0.2, 0) is 16.2 Å². The van der Waals surface area contributed by atoms with Crippen LogP contribution in [0.5, 0.6) is 0 Å². The maximum Gasteiger partial charge on any atom is 0.0518 e. The lowest BCUT2D eigenvalue weighted by Crippen LogP contribution is -2.60. The molecule has 0 aromatic heterocycles. The Balaban J connectivity index is 0.853. The van der Waals surface area contributed by atoms with Crippen molar-refractivity contribution in [2.75, 3.05) is 14.7 Å². The predicted molar refractivity (Wildman–Crippen MR) is 402 cm³/mol. The van der Waals surface area contributed by atoms with Crippen LogP contribution in [0, 0.1) is 0 Å². The zero-order chi connectivity index (χ0) is 63.3. The second-order valence-electron chi connectivity index (χ2n) is 30.5. The van der Waals surface area contributed by atoms with E-state index in [1.54, 1.807) is 0 Å². The van der Waals surface area contributed by atoms with E-state index in [1.165, 1.54) is 184 Å². The second kappa shape index (κ2) is 18.4. The van der Waals surface area contributed by atoms with Crippen molar-refractivity contribution in [3.63, 3.8) is 0 Å². The topological polar surface area (TPSA) is 9.72 Å². The standard InChI is InChI=1S/C92H73N3/c1-87-47-50-90(87,4)93(61-27-16-9-17-28-61)75-44-35-58(53-72(75)87)64-38-41-69-80-67(64)33-22-34-68(80)83-78(56-23-12-7-13-24-56)85-70-42-39-65(59-36-45-76-73(54-59)88(2)48-51-91(88,5)94(76)62-29-18-10-19-30-62)81-66(40-43-71(82(70)81)86(85)79(84(69)83)57-25-14-8-15-26-57)60-37-46-77-74(55-60)89(3)49-52-92(89,6)95(77)63-31-20-11-21-32-63/h7-46,53-55H,47-52H2,1-6H3. The minimum absolute atomic E-state index is 0.00460. The van der Waals surface area contributed by atoms with Crippen molar-refractivity contribution >= 4 is 98.8 Å². The summed E-state index contributed by atoms with van der Waals surface area (Å²) in [7, 11) is 0. The minimum atomic E-state index is -0.0232. The highest BCUT2D eigenvalue weighted by molar-refractivity contribution is 6.47. The van der Waals surface area contributed by atoms with Crippen molar-refractivity contribution < 1.29 is 0 Å². The SMILES string of the molecule is CC12CCC1(C)N(c1ccccc1)c1ccc(-c3ccc4c5c(-c6ccccc6)c6c7ccc(-c8ccc9c(c8)C8(C)CCC8(C)N9c8ccccc8)c8c(-c9ccc%10c(c9)C9(C)CCC9(C)N%10c9ccccc9)ccc(c6c(-c6ccccc6)c5c5cccc3c54)c87)cc12. The summed E-state index contributed by atoms with van der Waals surface area (Å²) in [5.74, 6) is 0. The van der Waals surface area contributed by atoms with E-state index in [0.717, 1.165) is 25.7 Å². The first kappa shape index (κ1) is 54.2. The predicted octanol–water partition coefficient (Wildman–Crippen LogP) is 24.7. The van der Waals surface area contributed by atoms with Gasteiger partial charge in [-0.3, -0.25) is 0 Å². The summed E-state index contributed by atoms with van der Waals surface area (Å²) < 4.78 is 0. The molecule has 0 spiro atoms. The fourth-order valence-corrected chi connectivity index (χ4v) is 20.8. The van der Waals surface area contributed by atoms with Crippen molar-refractivity contribution in [3.05, 3.63) is 278 Å². The number of nitrogens with zero attached hydrogens (tertiary/aromatic N) is 3. The van der Waals surface area contributed by atoms with E-state index in [4.69, 9.17) is 0 Å². The number of rotatable bonds is 8. The highest BCUT2D eigenvalue weighted by Crippen LogP contribution is 2.69. The van der Waals surface area contributed by atoms with Gasteiger partial charge in [0.25, 0.3) is 0 Å². The van der Waals surface area contributed by atoms with Crippen molar-refractivity contribution in [1.82, 2.24) is 0 Å². The molecule has 6 atom stereocenters. The third kappa shape index (κ3) is 6.49. The molecule has 3 fully saturated rings. The molecule has 3 heterocycles. The van der Waals surface area contributed by atoms with Gasteiger partial charge in [-0.25, -0.2) is 0 Å². The summed E-state index contributed by atoms with van der Waals surface area (Å²) in [5.41, 5.74) is 25.1. The summed E-state index contributed by atoms with van der Waals surface area (Å²) in [4.78, 5) is 8.00. The number of hydrogen-bond acceptors (Lipinski definition) is 3. The fourth-order valence-electron chi connectivity index (χ4n) is 20.8. The van der Waals surface area contributed by atoms with Gasteiger partial charge in [0.2, 0.25) is 0 Å². The Hall–Kier alpha value is -10.2. The molecule has 456 valence electrons. The van der Waals surface area contributed by atoms with Gasteiger partial charge in [-0.05, 0) is 269 Å². The summed E-state index contributed by atoms with van der Waals surface area (Å²) in [6.07, 6.45) is 6.99. The van der Waals surface area contributed by atoms with Crippen LogP contribution in [-0.4, -0.2) is 16.6 Å². The summed E-state index contributed by atoms with van der Waals surface area (Å²) >= 11 is 0. The van der Waals surface area contributed by atoms with Crippen molar-refractivity contribution in [1.29, 1.82) is 0 Å². The lowest BCUT2D eigenvalue weighted by atomic mass is 9.55. The first-order chi connectivity index (χ1) is 46.4. The Labute approximate surface area is 556 Å². The summed E-state index contributed by atoms with van der Waals surface area (Å²) in [5, 5.41) is 15.9. The maximum absolute atomic E-state index is 2.67. The van der Waals surface area contributed by atoms with Gasteiger partial charge in [-0.1, -0.05) is 209 Å². The molecule has 3 saturated carbocycles. The molecular weight excluding hydrogens is 1150 g/mol. The van der Waals surface area contributed by atoms with Gasteiger partial charge in [-0.15, -0.1) is 0 Å². The maximum atomic E-state index is 2.67. The van der Waals surface area contributed by atoms with Gasteiger partial charge in [0.05, 0.1) is 16.6 Å². The average molecular weight is 1220 g/mol. The van der Waals surface area contributed by atoms with Gasteiger partial charge < -0.3 is 14.7 Å². The first-order valence-electron chi connectivity index (χ1n) is 34.9. The van der Waals surface area contributed by atoms with Crippen LogP contribution in [0.15, 0.2) is 261 Å². The second-order valence-corrected chi connectivity index (χ2v) is 30.5. The van der Waals surface area contributed by atoms with E-state index in [2.05, 4.69) is 317 Å². The Kier molecular flexibility index (Phi) is 10.5. The van der Waals surface area contributed by atoms with Crippen LogP contribution in [0.4, 0.5) is 34.1 Å². The van der Waals surface area contributed by atoms with E-state index < -0.39 is 0 Å². The molecule has 3 nitrogen and oxygen atoms in total. The fraction of sp³-hybridized carbons (Fsp3) is 0.196. The van der Waals surface area contributed by atoms with Gasteiger partial charge >= 0.3 is 0 Å². The van der Waals surface area contributed by atoms with Gasteiger partial charge in [0.1, 0.15) is 0 Å². The van der Waals surface area contributed by atoms with Crippen LogP contribution in [0.25, 0.3) is 120 Å². The first-order valence-corrected chi connectivity index (χ1v) is 34.9. The third-order valence-corrected chi connectivity index (χ3v) is 26.8. The van der Waals surface area contributed by atoms with E-state index in [9.17, 15) is 0 Å². The van der Waals surface area contributed by atoms with Crippen LogP contribution < -0.4 is 14.7 Å². The molecule has 15 aromatic rings. The summed E-state index contributed by atoms with van der Waals surface area (Å²) in [6, 6.07) is 101. The average Bonchev–Trinajstić information content (AvgIpc) is 1.54. The number of benzene rings is 13. The molecule has 3 heteroatoms. The number of para-hydroxylation sites is 3. The molecule has 21 rings (SSSR count). The van der Waals surface area contributed by atoms with Gasteiger partial charge in [0, 0.05) is 50.4 Å². The third-order valence-electron chi connectivity index (χ3n) is 26.8. The summed E-state index contributed by atoms with van der Waals surface area (Å²) in [6.45, 7) is 15.1. The Morgan fingerprint density at radius 3 is 0.905 bits per heavy atom. The Bertz CT molecular complexity index is 5530. The van der Waals surface area contributed by atoms with Gasteiger partial charge in [-0.2, -0.15) is 0 Å². The van der Waals surface area contributed by atoms with Crippen LogP contribution in [0.3, 0.4) is 0 Å². The number of anilines is 6. The molecule has 0 amide bonds. The number of fused-ring (bicyclic) bond motifs is 15. The molecule has 3 aliphatic carbocycles. The molecule has 0 saturated heterocycles. The largest absolute Gasteiger partial charge is 0.334 e. The van der Waals surface area contributed by atoms with Gasteiger partial charge in [0.15, 0.2) is 0 Å².